The van der Waals surface area contributed by atoms with Crippen molar-refractivity contribution < 1.29 is 31.4 Å². The summed E-state index contributed by atoms with van der Waals surface area (Å²) in [6.45, 7) is 1.50. The van der Waals surface area contributed by atoms with Gasteiger partial charge in [-0.1, -0.05) is 6.07 Å². The van der Waals surface area contributed by atoms with E-state index in [-0.39, 0.29) is 32.6 Å². The maximum atomic E-state index is 13.8. The van der Waals surface area contributed by atoms with Gasteiger partial charge < -0.3 is 9.47 Å². The van der Waals surface area contributed by atoms with E-state index in [1.54, 1.807) is 0 Å². The molecule has 0 aliphatic carbocycles. The highest BCUT2D eigenvalue weighted by Gasteiger charge is 2.32. The second kappa shape index (κ2) is 6.71. The fraction of sp³-hybridized carbons (Fsp3) is 0.118. The molecule has 2 aromatic carbocycles. The number of hydrogen-bond acceptors (Lipinski definition) is 3. The van der Waals surface area contributed by atoms with E-state index in [1.807, 2.05) is 0 Å². The second-order valence-corrected chi connectivity index (χ2v) is 6.02. The zero-order chi connectivity index (χ0) is 19.1. The summed E-state index contributed by atoms with van der Waals surface area (Å²) >= 11 is 3.01. The van der Waals surface area contributed by atoms with Crippen LogP contribution in [0, 0.1) is 18.6 Å². The fourth-order valence-electron chi connectivity index (χ4n) is 2.25. The standard InChI is InChI=1S/C17H9BrF5NO2/c1-8-13(7-9-5-6-10(19)15(20)16(9)24-8)25-11-3-2-4-12(14(11)18)26-17(21,22)23/h2-7H,1H3. The average molecular weight is 434 g/mol. The zero-order valence-corrected chi connectivity index (χ0v) is 14.6. The van der Waals surface area contributed by atoms with Crippen molar-refractivity contribution in [3.8, 4) is 17.2 Å². The van der Waals surface area contributed by atoms with Gasteiger partial charge in [-0.05, 0) is 53.2 Å². The first-order chi connectivity index (χ1) is 12.2. The highest BCUT2D eigenvalue weighted by atomic mass is 79.9. The minimum atomic E-state index is -4.86. The lowest BCUT2D eigenvalue weighted by atomic mass is 10.2. The topological polar surface area (TPSA) is 31.4 Å². The summed E-state index contributed by atoms with van der Waals surface area (Å²) in [4.78, 5) is 3.98. The number of aromatic nitrogens is 1. The molecule has 0 aliphatic rings. The Morgan fingerprint density at radius 3 is 2.38 bits per heavy atom. The third-order valence-corrected chi connectivity index (χ3v) is 4.18. The number of fused-ring (bicyclic) bond motifs is 1. The lowest BCUT2D eigenvalue weighted by molar-refractivity contribution is -0.274. The fourth-order valence-corrected chi connectivity index (χ4v) is 2.67. The van der Waals surface area contributed by atoms with Crippen molar-refractivity contribution in [2.45, 2.75) is 13.3 Å². The minimum Gasteiger partial charge on any atom is -0.454 e. The van der Waals surface area contributed by atoms with Crippen molar-refractivity contribution in [1.82, 2.24) is 4.98 Å². The molecule has 0 radical (unpaired) electrons. The first-order valence-corrected chi connectivity index (χ1v) is 7.92. The first kappa shape index (κ1) is 18.4. The van der Waals surface area contributed by atoms with E-state index in [2.05, 4.69) is 25.7 Å². The molecule has 0 bridgehead atoms. The predicted molar refractivity (Wildman–Crippen MR) is 87.3 cm³/mol. The lowest BCUT2D eigenvalue weighted by Crippen LogP contribution is -2.17. The summed E-state index contributed by atoms with van der Waals surface area (Å²) in [7, 11) is 0. The molecule has 0 aliphatic heterocycles. The van der Waals surface area contributed by atoms with E-state index in [4.69, 9.17) is 4.74 Å². The predicted octanol–water partition coefficient (Wildman–Crippen LogP) is 6.27. The molecule has 26 heavy (non-hydrogen) atoms. The van der Waals surface area contributed by atoms with Gasteiger partial charge in [0.1, 0.15) is 27.2 Å². The maximum Gasteiger partial charge on any atom is 0.573 e. The Labute approximate surface area is 152 Å². The normalized spacial score (nSPS) is 11.7. The van der Waals surface area contributed by atoms with Crippen LogP contribution in [0.3, 0.4) is 0 Å². The highest BCUT2D eigenvalue weighted by Crippen LogP contribution is 2.40. The monoisotopic (exact) mass is 433 g/mol. The molecule has 0 fully saturated rings. The van der Waals surface area contributed by atoms with Crippen LogP contribution in [0.2, 0.25) is 0 Å². The Kier molecular flexibility index (Phi) is 4.74. The molecule has 3 rings (SSSR count). The summed E-state index contributed by atoms with van der Waals surface area (Å²) in [6, 6.07) is 7.55. The van der Waals surface area contributed by atoms with Gasteiger partial charge in [0.15, 0.2) is 11.6 Å². The Morgan fingerprint density at radius 2 is 1.69 bits per heavy atom. The molecule has 136 valence electrons. The largest absolute Gasteiger partial charge is 0.573 e. The van der Waals surface area contributed by atoms with Crippen LogP contribution in [0.4, 0.5) is 22.0 Å². The third kappa shape index (κ3) is 3.72. The van der Waals surface area contributed by atoms with Crippen LogP contribution in [0.5, 0.6) is 17.2 Å². The first-order valence-electron chi connectivity index (χ1n) is 7.13. The molecular formula is C17H9BrF5NO2. The molecule has 9 heteroatoms. The molecule has 0 saturated heterocycles. The second-order valence-electron chi connectivity index (χ2n) is 5.22. The Hall–Kier alpha value is -2.42. The van der Waals surface area contributed by atoms with Gasteiger partial charge in [-0.2, -0.15) is 0 Å². The average Bonchev–Trinajstić information content (AvgIpc) is 2.55. The van der Waals surface area contributed by atoms with Crippen LogP contribution in [0.25, 0.3) is 10.9 Å². The summed E-state index contributed by atoms with van der Waals surface area (Å²) in [5, 5.41) is 0.281. The number of benzene rings is 2. The van der Waals surface area contributed by atoms with Crippen LogP contribution in [-0.2, 0) is 0 Å². The summed E-state index contributed by atoms with van der Waals surface area (Å²) in [5.74, 6) is -2.38. The zero-order valence-electron chi connectivity index (χ0n) is 13.0. The quantitative estimate of drug-likeness (QED) is 0.455. The van der Waals surface area contributed by atoms with E-state index in [0.717, 1.165) is 12.1 Å². The summed E-state index contributed by atoms with van der Waals surface area (Å²) in [6.07, 6.45) is -4.86. The van der Waals surface area contributed by atoms with Gasteiger partial charge >= 0.3 is 6.36 Å². The smallest absolute Gasteiger partial charge is 0.454 e. The number of nitrogens with zero attached hydrogens (tertiary/aromatic N) is 1. The number of ether oxygens (including phenoxy) is 2. The van der Waals surface area contributed by atoms with Crippen LogP contribution in [0.15, 0.2) is 40.9 Å². The molecule has 0 unspecified atom stereocenters. The molecule has 3 aromatic rings. The van der Waals surface area contributed by atoms with E-state index < -0.39 is 23.7 Å². The molecule has 3 nitrogen and oxygen atoms in total. The van der Waals surface area contributed by atoms with Gasteiger partial charge in [0.25, 0.3) is 0 Å². The van der Waals surface area contributed by atoms with Crippen molar-refractivity contribution in [1.29, 1.82) is 0 Å². The Balaban J connectivity index is 2.00. The number of alkyl halides is 3. The number of hydrogen-bond donors (Lipinski definition) is 0. The molecule has 1 heterocycles. The van der Waals surface area contributed by atoms with E-state index >= 15 is 0 Å². The van der Waals surface area contributed by atoms with E-state index in [1.165, 1.54) is 31.2 Å². The Morgan fingerprint density at radius 1 is 1.00 bits per heavy atom. The molecule has 0 N–H and O–H groups in total. The third-order valence-electron chi connectivity index (χ3n) is 3.40. The van der Waals surface area contributed by atoms with Crippen molar-refractivity contribution >= 4 is 26.8 Å². The lowest BCUT2D eigenvalue weighted by Gasteiger charge is -2.15. The Bertz CT molecular complexity index is 991. The van der Waals surface area contributed by atoms with Crippen LogP contribution in [0.1, 0.15) is 5.69 Å². The molecule has 0 atom stereocenters. The van der Waals surface area contributed by atoms with Gasteiger partial charge in [-0.25, -0.2) is 13.8 Å². The van der Waals surface area contributed by atoms with Gasteiger partial charge in [-0.15, -0.1) is 13.2 Å². The van der Waals surface area contributed by atoms with E-state index in [0.29, 0.717) is 0 Å². The van der Waals surface area contributed by atoms with Gasteiger partial charge in [0.2, 0.25) is 0 Å². The molecule has 0 spiro atoms. The maximum absolute atomic E-state index is 13.8. The van der Waals surface area contributed by atoms with Gasteiger partial charge in [0.05, 0.1) is 5.69 Å². The summed E-state index contributed by atoms with van der Waals surface area (Å²) < 4.78 is 73.8. The van der Waals surface area contributed by atoms with Crippen LogP contribution < -0.4 is 9.47 Å². The summed E-state index contributed by atoms with van der Waals surface area (Å²) in [5.41, 5.74) is 0.0686. The number of halogens is 6. The van der Waals surface area contributed by atoms with Crippen molar-refractivity contribution in [2.75, 3.05) is 0 Å². The minimum absolute atomic E-state index is 0.0404. The van der Waals surface area contributed by atoms with Crippen LogP contribution in [-0.4, -0.2) is 11.3 Å². The molecule has 0 amide bonds. The number of aryl methyl sites for hydroxylation is 1. The molecular weight excluding hydrogens is 425 g/mol. The SMILES string of the molecule is Cc1nc2c(F)c(F)ccc2cc1Oc1cccc(OC(F)(F)F)c1Br. The van der Waals surface area contributed by atoms with E-state index in [9.17, 15) is 22.0 Å². The van der Waals surface area contributed by atoms with Gasteiger partial charge in [-0.3, -0.25) is 0 Å². The highest BCUT2D eigenvalue weighted by molar-refractivity contribution is 9.10. The molecule has 1 aromatic heterocycles. The van der Waals surface area contributed by atoms with Crippen molar-refractivity contribution in [3.05, 3.63) is 58.2 Å². The number of pyridine rings is 1. The van der Waals surface area contributed by atoms with Gasteiger partial charge in [0, 0.05) is 5.39 Å². The molecule has 0 saturated carbocycles. The van der Waals surface area contributed by atoms with Crippen molar-refractivity contribution in [2.24, 2.45) is 0 Å². The van der Waals surface area contributed by atoms with Crippen molar-refractivity contribution in [3.63, 3.8) is 0 Å². The van der Waals surface area contributed by atoms with Crippen LogP contribution >= 0.6 is 15.9 Å². The number of rotatable bonds is 3.